The monoisotopic (exact) mass is 290 g/mol. The molecule has 0 aliphatic heterocycles. The van der Waals surface area contributed by atoms with Crippen molar-refractivity contribution in [2.24, 2.45) is 11.8 Å². The summed E-state index contributed by atoms with van der Waals surface area (Å²) in [6.07, 6.45) is 6.16. The fourth-order valence-electron chi connectivity index (χ4n) is 2.33. The number of rotatable bonds is 5. The smallest absolute Gasteiger partial charge is 0.307 e. The molecule has 0 aromatic carbocycles. The number of carboxylic acids is 1. The molecule has 0 spiro atoms. The number of carbonyl (C=O) groups is 2. The minimum absolute atomic E-state index is 0.234. The average Bonchev–Trinajstić information content (AvgIpc) is 2.53. The summed E-state index contributed by atoms with van der Waals surface area (Å²) in [6, 6.07) is 3.52. The summed E-state index contributed by atoms with van der Waals surface area (Å²) < 4.78 is 4.96. The fourth-order valence-corrected chi connectivity index (χ4v) is 2.33. The lowest BCUT2D eigenvalue weighted by Crippen LogP contribution is -2.38. The van der Waals surface area contributed by atoms with Crippen LogP contribution < -0.4 is 10.1 Å². The van der Waals surface area contributed by atoms with E-state index in [1.54, 1.807) is 12.3 Å². The fraction of sp³-hybridized carbons (Fsp3) is 0.400. The molecule has 0 radical (unpaired) electrons. The zero-order chi connectivity index (χ0) is 15.2. The second-order valence-corrected chi connectivity index (χ2v) is 4.92. The summed E-state index contributed by atoms with van der Waals surface area (Å²) in [7, 11) is 1.53. The highest BCUT2D eigenvalue weighted by Gasteiger charge is 2.33. The van der Waals surface area contributed by atoms with Crippen molar-refractivity contribution in [3.8, 4) is 5.88 Å². The third-order valence-corrected chi connectivity index (χ3v) is 3.56. The second-order valence-electron chi connectivity index (χ2n) is 4.92. The highest BCUT2D eigenvalue weighted by molar-refractivity contribution is 5.85. The summed E-state index contributed by atoms with van der Waals surface area (Å²) in [5.41, 5.74) is 0.836. The number of nitrogens with one attached hydrogen (secondary N) is 1. The number of methoxy groups -OCH3 is 1. The Balaban J connectivity index is 1.93. The number of carbonyl (C=O) groups excluding carboxylic acids is 1. The van der Waals surface area contributed by atoms with Crippen LogP contribution >= 0.6 is 0 Å². The second kappa shape index (κ2) is 6.88. The molecule has 2 atom stereocenters. The van der Waals surface area contributed by atoms with Gasteiger partial charge in [0.05, 0.1) is 18.9 Å². The number of hydrogen-bond donors (Lipinski definition) is 2. The van der Waals surface area contributed by atoms with Crippen LogP contribution in [0.4, 0.5) is 0 Å². The van der Waals surface area contributed by atoms with Crippen molar-refractivity contribution in [2.45, 2.75) is 19.4 Å². The van der Waals surface area contributed by atoms with Crippen LogP contribution in [0.25, 0.3) is 0 Å². The highest BCUT2D eigenvalue weighted by atomic mass is 16.5. The molecule has 6 heteroatoms. The van der Waals surface area contributed by atoms with Gasteiger partial charge in [0, 0.05) is 18.8 Å². The van der Waals surface area contributed by atoms with Gasteiger partial charge in [-0.1, -0.05) is 18.2 Å². The lowest BCUT2D eigenvalue weighted by atomic mass is 9.82. The van der Waals surface area contributed by atoms with Crippen LogP contribution in [0.15, 0.2) is 30.5 Å². The molecule has 0 saturated carbocycles. The van der Waals surface area contributed by atoms with Crippen molar-refractivity contribution in [3.05, 3.63) is 36.0 Å². The number of carboxylic acid groups (broad SMARTS) is 1. The Morgan fingerprint density at radius 1 is 1.33 bits per heavy atom. The summed E-state index contributed by atoms with van der Waals surface area (Å²) in [5, 5.41) is 11.9. The van der Waals surface area contributed by atoms with Crippen LogP contribution in [0.3, 0.4) is 0 Å². The molecule has 112 valence electrons. The molecule has 0 fully saturated rings. The number of ether oxygens (including phenoxy) is 1. The first-order chi connectivity index (χ1) is 10.1. The highest BCUT2D eigenvalue weighted by Crippen LogP contribution is 2.26. The van der Waals surface area contributed by atoms with Gasteiger partial charge >= 0.3 is 5.97 Å². The molecule has 0 saturated heterocycles. The predicted molar refractivity (Wildman–Crippen MR) is 75.6 cm³/mol. The summed E-state index contributed by atoms with van der Waals surface area (Å²) in [5.74, 6) is -1.82. The van der Waals surface area contributed by atoms with Crippen molar-refractivity contribution < 1.29 is 19.4 Å². The van der Waals surface area contributed by atoms with E-state index in [2.05, 4.69) is 10.3 Å². The zero-order valence-corrected chi connectivity index (χ0v) is 11.8. The third kappa shape index (κ3) is 3.81. The average molecular weight is 290 g/mol. The predicted octanol–water partition coefficient (Wildman–Crippen LogP) is 1.37. The van der Waals surface area contributed by atoms with Crippen molar-refractivity contribution in [3.63, 3.8) is 0 Å². The zero-order valence-electron chi connectivity index (χ0n) is 11.8. The molecule has 1 aliphatic rings. The van der Waals surface area contributed by atoms with Crippen LogP contribution in [0.2, 0.25) is 0 Å². The summed E-state index contributed by atoms with van der Waals surface area (Å²) >= 11 is 0. The number of allylic oxidation sites excluding steroid dienone is 2. The molecule has 21 heavy (non-hydrogen) atoms. The largest absolute Gasteiger partial charge is 0.481 e. The van der Waals surface area contributed by atoms with Gasteiger partial charge in [-0.15, -0.1) is 0 Å². The molecular formula is C15H18N2O4. The maximum absolute atomic E-state index is 12.2. The molecule has 2 N–H and O–H groups in total. The molecule has 0 unspecified atom stereocenters. The van der Waals surface area contributed by atoms with Crippen LogP contribution in [0.1, 0.15) is 18.4 Å². The van der Waals surface area contributed by atoms with E-state index in [0.717, 1.165) is 5.56 Å². The van der Waals surface area contributed by atoms with Crippen LogP contribution in [0, 0.1) is 11.8 Å². The standard InChI is InChI=1S/C15H18N2O4/c1-21-13-7-6-10(8-16-13)9-17-14(18)11-4-2-3-5-12(11)15(19)20/h2-3,6-8,11-12H,4-5,9H2,1H3,(H,17,18)(H,19,20)/t11-,12+/m1/s1. The number of nitrogens with zero attached hydrogens (tertiary/aromatic N) is 1. The van der Waals surface area contributed by atoms with Crippen LogP contribution in [0.5, 0.6) is 5.88 Å². The lowest BCUT2D eigenvalue weighted by molar-refractivity contribution is -0.147. The van der Waals surface area contributed by atoms with Crippen molar-refractivity contribution >= 4 is 11.9 Å². The van der Waals surface area contributed by atoms with Crippen molar-refractivity contribution in [1.29, 1.82) is 0 Å². The Kier molecular flexibility index (Phi) is 4.92. The molecule has 1 aliphatic carbocycles. The van der Waals surface area contributed by atoms with E-state index in [0.29, 0.717) is 25.3 Å². The molecule has 2 rings (SSSR count). The maximum Gasteiger partial charge on any atom is 0.307 e. The number of amides is 1. The number of aromatic nitrogens is 1. The van der Waals surface area contributed by atoms with E-state index in [1.807, 2.05) is 18.2 Å². The van der Waals surface area contributed by atoms with E-state index in [1.165, 1.54) is 7.11 Å². The van der Waals surface area contributed by atoms with Gasteiger partial charge in [0.25, 0.3) is 0 Å². The Morgan fingerprint density at radius 2 is 2.05 bits per heavy atom. The SMILES string of the molecule is COc1ccc(CNC(=O)[C@@H]2CC=CC[C@@H]2C(=O)O)cn1. The Labute approximate surface area is 122 Å². The van der Waals surface area contributed by atoms with E-state index < -0.39 is 17.8 Å². The molecule has 1 aromatic rings. The van der Waals surface area contributed by atoms with Gasteiger partial charge in [0.15, 0.2) is 0 Å². The van der Waals surface area contributed by atoms with Gasteiger partial charge in [-0.3, -0.25) is 9.59 Å². The summed E-state index contributed by atoms with van der Waals surface area (Å²) in [6.45, 7) is 0.322. The number of aliphatic carboxylic acids is 1. The van der Waals surface area contributed by atoms with E-state index >= 15 is 0 Å². The van der Waals surface area contributed by atoms with Gasteiger partial charge < -0.3 is 15.2 Å². The Bertz CT molecular complexity index is 539. The van der Waals surface area contributed by atoms with Crippen LogP contribution in [-0.2, 0) is 16.1 Å². The van der Waals surface area contributed by atoms with Crippen molar-refractivity contribution in [1.82, 2.24) is 10.3 Å². The minimum Gasteiger partial charge on any atom is -0.481 e. The normalized spacial score (nSPS) is 20.8. The minimum atomic E-state index is -0.925. The van der Waals surface area contributed by atoms with Gasteiger partial charge in [-0.2, -0.15) is 0 Å². The summed E-state index contributed by atoms with van der Waals surface area (Å²) in [4.78, 5) is 27.4. The topological polar surface area (TPSA) is 88.5 Å². The first kappa shape index (κ1) is 15.0. The number of hydrogen-bond acceptors (Lipinski definition) is 4. The van der Waals surface area contributed by atoms with E-state index in [4.69, 9.17) is 9.84 Å². The Hall–Kier alpha value is -2.37. The lowest BCUT2D eigenvalue weighted by Gasteiger charge is -2.24. The molecule has 6 nitrogen and oxygen atoms in total. The molecule has 1 aromatic heterocycles. The Morgan fingerprint density at radius 3 is 2.62 bits per heavy atom. The van der Waals surface area contributed by atoms with Gasteiger partial charge in [-0.05, 0) is 18.4 Å². The first-order valence-electron chi connectivity index (χ1n) is 6.76. The molecule has 0 bridgehead atoms. The molecular weight excluding hydrogens is 272 g/mol. The van der Waals surface area contributed by atoms with Gasteiger partial charge in [0.2, 0.25) is 11.8 Å². The quantitative estimate of drug-likeness (QED) is 0.800. The first-order valence-corrected chi connectivity index (χ1v) is 6.76. The maximum atomic E-state index is 12.2. The number of pyridine rings is 1. The van der Waals surface area contributed by atoms with E-state index in [9.17, 15) is 9.59 Å². The van der Waals surface area contributed by atoms with E-state index in [-0.39, 0.29) is 5.91 Å². The van der Waals surface area contributed by atoms with Gasteiger partial charge in [0.1, 0.15) is 0 Å². The third-order valence-electron chi connectivity index (χ3n) is 3.56. The molecule has 1 heterocycles. The molecule has 1 amide bonds. The van der Waals surface area contributed by atoms with Crippen molar-refractivity contribution in [2.75, 3.05) is 7.11 Å². The van der Waals surface area contributed by atoms with Crippen LogP contribution in [-0.4, -0.2) is 29.1 Å². The van der Waals surface area contributed by atoms with Gasteiger partial charge in [-0.25, -0.2) is 4.98 Å².